The fourth-order valence-corrected chi connectivity index (χ4v) is 1.43. The number of nitrogens with two attached hydrogens (primary N) is 1. The van der Waals surface area contributed by atoms with Gasteiger partial charge in [0.15, 0.2) is 5.82 Å². The zero-order valence-electron chi connectivity index (χ0n) is 9.54. The number of aromatic nitrogens is 3. The molecule has 17 heavy (non-hydrogen) atoms. The molecule has 0 aliphatic heterocycles. The lowest BCUT2D eigenvalue weighted by Crippen LogP contribution is -2.14. The summed E-state index contributed by atoms with van der Waals surface area (Å²) in [6.45, 7) is 0.307. The highest BCUT2D eigenvalue weighted by Crippen LogP contribution is 2.13. The van der Waals surface area contributed by atoms with Crippen LogP contribution < -0.4 is 5.73 Å². The quantitative estimate of drug-likeness (QED) is 0.819. The minimum atomic E-state index is -0.347. The van der Waals surface area contributed by atoms with Crippen molar-refractivity contribution in [3.05, 3.63) is 41.8 Å². The van der Waals surface area contributed by atoms with Crippen molar-refractivity contribution in [3.63, 3.8) is 0 Å². The molecule has 2 aromatic heterocycles. The number of hydrogen-bond acceptors (Lipinski definition) is 6. The number of ether oxygens (including phenoxy) is 1. The molecule has 1 atom stereocenters. The molecule has 0 fully saturated rings. The first kappa shape index (κ1) is 11.7. The Kier molecular flexibility index (Phi) is 3.79. The van der Waals surface area contributed by atoms with Crippen molar-refractivity contribution < 1.29 is 9.26 Å². The second-order valence-corrected chi connectivity index (χ2v) is 3.51. The van der Waals surface area contributed by atoms with Gasteiger partial charge in [-0.15, -0.1) is 0 Å². The summed E-state index contributed by atoms with van der Waals surface area (Å²) in [6.07, 6.45) is 1.92. The van der Waals surface area contributed by atoms with E-state index in [0.29, 0.717) is 24.7 Å². The van der Waals surface area contributed by atoms with Gasteiger partial charge in [0, 0.05) is 25.5 Å². The van der Waals surface area contributed by atoms with Gasteiger partial charge in [0.05, 0.1) is 6.42 Å². The number of rotatable bonds is 5. The van der Waals surface area contributed by atoms with E-state index in [1.165, 1.54) is 0 Å². The van der Waals surface area contributed by atoms with Crippen molar-refractivity contribution >= 4 is 0 Å². The summed E-state index contributed by atoms with van der Waals surface area (Å²) in [4.78, 5) is 8.42. The molecular weight excluding hydrogens is 220 g/mol. The maximum atomic E-state index is 5.51. The average molecular weight is 234 g/mol. The molecule has 0 aliphatic carbocycles. The molecule has 6 nitrogen and oxygen atoms in total. The van der Waals surface area contributed by atoms with Crippen LogP contribution in [-0.4, -0.2) is 28.8 Å². The fraction of sp³-hybridized carbons (Fsp3) is 0.364. The van der Waals surface area contributed by atoms with E-state index in [0.717, 1.165) is 5.69 Å². The van der Waals surface area contributed by atoms with E-state index in [1.807, 2.05) is 18.2 Å². The Labute approximate surface area is 98.8 Å². The maximum Gasteiger partial charge on any atom is 0.257 e. The minimum absolute atomic E-state index is 0.307. The van der Waals surface area contributed by atoms with Gasteiger partial charge in [-0.05, 0) is 12.1 Å². The molecular formula is C11H14N4O2. The van der Waals surface area contributed by atoms with E-state index < -0.39 is 0 Å². The Morgan fingerprint density at radius 2 is 2.35 bits per heavy atom. The molecule has 0 aliphatic rings. The number of nitrogens with zero attached hydrogens (tertiary/aromatic N) is 3. The Morgan fingerprint density at radius 1 is 1.47 bits per heavy atom. The van der Waals surface area contributed by atoms with Crippen LogP contribution in [0.1, 0.15) is 23.5 Å². The van der Waals surface area contributed by atoms with Crippen molar-refractivity contribution in [2.75, 3.05) is 13.7 Å². The number of methoxy groups -OCH3 is 1. The van der Waals surface area contributed by atoms with Crippen LogP contribution in [0.4, 0.5) is 0 Å². The van der Waals surface area contributed by atoms with Crippen LogP contribution in [0, 0.1) is 0 Å². The van der Waals surface area contributed by atoms with Crippen LogP contribution in [0.3, 0.4) is 0 Å². The first-order valence-electron chi connectivity index (χ1n) is 5.28. The monoisotopic (exact) mass is 234 g/mol. The van der Waals surface area contributed by atoms with Crippen LogP contribution in [0.25, 0.3) is 0 Å². The minimum Gasteiger partial charge on any atom is -0.370 e. The van der Waals surface area contributed by atoms with Crippen LogP contribution in [-0.2, 0) is 11.2 Å². The summed E-state index contributed by atoms with van der Waals surface area (Å²) in [7, 11) is 1.56. The number of pyridine rings is 1. The van der Waals surface area contributed by atoms with Crippen molar-refractivity contribution in [1.82, 2.24) is 15.1 Å². The molecule has 0 saturated carbocycles. The molecule has 0 bridgehead atoms. The summed E-state index contributed by atoms with van der Waals surface area (Å²) in [5.74, 6) is 0.982. The van der Waals surface area contributed by atoms with Crippen LogP contribution >= 0.6 is 0 Å². The molecule has 2 rings (SSSR count). The van der Waals surface area contributed by atoms with Crippen molar-refractivity contribution in [2.45, 2.75) is 12.5 Å². The van der Waals surface area contributed by atoms with Crippen molar-refractivity contribution in [3.8, 4) is 0 Å². The first-order chi connectivity index (χ1) is 8.33. The van der Waals surface area contributed by atoms with E-state index in [4.69, 9.17) is 15.0 Å². The van der Waals surface area contributed by atoms with E-state index in [9.17, 15) is 0 Å². The summed E-state index contributed by atoms with van der Waals surface area (Å²) in [6, 6.07) is 5.69. The van der Waals surface area contributed by atoms with Gasteiger partial charge in [-0.1, -0.05) is 11.2 Å². The predicted molar refractivity (Wildman–Crippen MR) is 60.1 cm³/mol. The zero-order chi connectivity index (χ0) is 12.1. The SMILES string of the molecule is COC(CN)c1nc(Cc2ccccn2)no1. The Balaban J connectivity index is 2.08. The molecule has 1 unspecified atom stereocenters. The van der Waals surface area contributed by atoms with Crippen LogP contribution in [0.2, 0.25) is 0 Å². The lowest BCUT2D eigenvalue weighted by atomic mass is 10.2. The second-order valence-electron chi connectivity index (χ2n) is 3.51. The molecule has 2 aromatic rings. The van der Waals surface area contributed by atoms with E-state index in [-0.39, 0.29) is 6.10 Å². The molecule has 90 valence electrons. The summed E-state index contributed by atoms with van der Waals surface area (Å²) in [5, 5.41) is 3.87. The smallest absolute Gasteiger partial charge is 0.257 e. The average Bonchev–Trinajstić information content (AvgIpc) is 2.81. The molecule has 2 heterocycles. The third-order valence-corrected chi connectivity index (χ3v) is 2.32. The lowest BCUT2D eigenvalue weighted by molar-refractivity contribution is 0.0804. The molecule has 6 heteroatoms. The fourth-order valence-electron chi connectivity index (χ4n) is 1.43. The van der Waals surface area contributed by atoms with Crippen LogP contribution in [0.5, 0.6) is 0 Å². The van der Waals surface area contributed by atoms with Gasteiger partial charge >= 0.3 is 0 Å². The molecule has 2 N–H and O–H groups in total. The van der Waals surface area contributed by atoms with Gasteiger partial charge in [0.2, 0.25) is 0 Å². The predicted octanol–water partition coefficient (Wildman–Crippen LogP) is 0.702. The molecule has 0 aromatic carbocycles. The third kappa shape index (κ3) is 2.86. The second kappa shape index (κ2) is 5.51. The highest BCUT2D eigenvalue weighted by Gasteiger charge is 2.16. The van der Waals surface area contributed by atoms with E-state index in [1.54, 1.807) is 13.3 Å². The molecule has 0 spiro atoms. The van der Waals surface area contributed by atoms with E-state index >= 15 is 0 Å². The van der Waals surface area contributed by atoms with Gasteiger partial charge in [-0.25, -0.2) is 0 Å². The first-order valence-corrected chi connectivity index (χ1v) is 5.28. The van der Waals surface area contributed by atoms with Gasteiger partial charge in [0.25, 0.3) is 5.89 Å². The highest BCUT2D eigenvalue weighted by atomic mass is 16.5. The van der Waals surface area contributed by atoms with Gasteiger partial charge in [0.1, 0.15) is 6.10 Å². The Hall–Kier alpha value is -1.79. The lowest BCUT2D eigenvalue weighted by Gasteiger charge is -2.05. The van der Waals surface area contributed by atoms with E-state index in [2.05, 4.69) is 15.1 Å². The Bertz CT molecular complexity index is 454. The normalized spacial score (nSPS) is 12.6. The largest absolute Gasteiger partial charge is 0.370 e. The molecule has 0 amide bonds. The maximum absolute atomic E-state index is 5.51. The Morgan fingerprint density at radius 3 is 3.00 bits per heavy atom. The summed E-state index contributed by atoms with van der Waals surface area (Å²) < 4.78 is 10.2. The van der Waals surface area contributed by atoms with Crippen molar-refractivity contribution in [2.24, 2.45) is 5.73 Å². The summed E-state index contributed by atoms with van der Waals surface area (Å²) >= 11 is 0. The summed E-state index contributed by atoms with van der Waals surface area (Å²) in [5.41, 5.74) is 6.40. The number of hydrogen-bond donors (Lipinski definition) is 1. The highest BCUT2D eigenvalue weighted by molar-refractivity contribution is 5.09. The van der Waals surface area contributed by atoms with Gasteiger partial charge < -0.3 is 15.0 Å². The molecule has 0 radical (unpaired) electrons. The topological polar surface area (TPSA) is 87.1 Å². The van der Waals surface area contributed by atoms with Gasteiger partial charge in [-0.2, -0.15) is 4.98 Å². The van der Waals surface area contributed by atoms with Crippen molar-refractivity contribution in [1.29, 1.82) is 0 Å². The molecule has 0 saturated heterocycles. The van der Waals surface area contributed by atoms with Crippen LogP contribution in [0.15, 0.2) is 28.9 Å². The van der Waals surface area contributed by atoms with Gasteiger partial charge in [-0.3, -0.25) is 4.98 Å². The standard InChI is InChI=1S/C11H14N4O2/c1-16-9(7-12)11-14-10(15-17-11)6-8-4-2-3-5-13-8/h2-5,9H,6-7,12H2,1H3. The zero-order valence-corrected chi connectivity index (χ0v) is 9.54. The third-order valence-electron chi connectivity index (χ3n) is 2.32.